The van der Waals surface area contributed by atoms with Crippen LogP contribution in [0.5, 0.6) is 5.75 Å². The number of rotatable bonds is 3. The van der Waals surface area contributed by atoms with E-state index in [0.29, 0.717) is 42.5 Å². The van der Waals surface area contributed by atoms with E-state index in [1.807, 2.05) is 30.5 Å². The van der Waals surface area contributed by atoms with Gasteiger partial charge in [-0.2, -0.15) is 0 Å². The minimum atomic E-state index is -0.595. The molecule has 1 saturated heterocycles. The van der Waals surface area contributed by atoms with Gasteiger partial charge in [0, 0.05) is 22.3 Å². The molecule has 3 heterocycles. The number of aromatic hydroxyl groups is 1. The lowest BCUT2D eigenvalue weighted by molar-refractivity contribution is -0.0136. The minimum absolute atomic E-state index is 0.156. The number of ether oxygens (including phenoxy) is 1. The second-order valence-corrected chi connectivity index (χ2v) is 6.99. The molecule has 2 atom stereocenters. The first-order valence-corrected chi connectivity index (χ1v) is 8.94. The Balaban J connectivity index is 1.64. The SMILES string of the molecule is Cc1nc(N[C@@H]2CCOC[C@H]2O)nnc1-c1ccc2sccc2c1O. The maximum absolute atomic E-state index is 10.5. The van der Waals surface area contributed by atoms with Crippen LogP contribution in [-0.2, 0) is 4.74 Å². The van der Waals surface area contributed by atoms with Crippen molar-refractivity contribution in [2.75, 3.05) is 18.5 Å². The number of phenols is 1. The molecule has 1 aliphatic rings. The molecule has 3 aromatic rings. The van der Waals surface area contributed by atoms with Crippen LogP contribution in [-0.4, -0.2) is 50.8 Å². The van der Waals surface area contributed by atoms with Crippen LogP contribution < -0.4 is 5.32 Å². The van der Waals surface area contributed by atoms with Gasteiger partial charge < -0.3 is 20.3 Å². The number of aliphatic hydroxyl groups is 1. The van der Waals surface area contributed by atoms with E-state index >= 15 is 0 Å². The number of phenolic OH excluding ortho intramolecular Hbond substituents is 1. The van der Waals surface area contributed by atoms with Crippen LogP contribution in [0.25, 0.3) is 21.3 Å². The highest BCUT2D eigenvalue weighted by Gasteiger charge is 2.24. The smallest absolute Gasteiger partial charge is 0.243 e. The molecule has 1 aliphatic heterocycles. The number of aryl methyl sites for hydroxylation is 1. The molecule has 7 nitrogen and oxygen atoms in total. The van der Waals surface area contributed by atoms with Crippen molar-refractivity contribution < 1.29 is 14.9 Å². The molecule has 0 saturated carbocycles. The van der Waals surface area contributed by atoms with Crippen LogP contribution in [0, 0.1) is 6.92 Å². The summed E-state index contributed by atoms with van der Waals surface area (Å²) in [6, 6.07) is 5.52. The number of fused-ring (bicyclic) bond motifs is 1. The minimum Gasteiger partial charge on any atom is -0.507 e. The van der Waals surface area contributed by atoms with Crippen LogP contribution >= 0.6 is 11.3 Å². The lowest BCUT2D eigenvalue weighted by Gasteiger charge is -2.28. The van der Waals surface area contributed by atoms with Crippen LogP contribution in [0.2, 0.25) is 0 Å². The third kappa shape index (κ3) is 3.04. The van der Waals surface area contributed by atoms with E-state index in [4.69, 9.17) is 4.74 Å². The van der Waals surface area contributed by atoms with Gasteiger partial charge in [0.15, 0.2) is 0 Å². The Kier molecular flexibility index (Phi) is 4.24. The Morgan fingerprint density at radius 1 is 1.28 bits per heavy atom. The normalized spacial score (nSPS) is 20.7. The van der Waals surface area contributed by atoms with E-state index in [0.717, 1.165) is 10.1 Å². The fourth-order valence-electron chi connectivity index (χ4n) is 2.99. The first-order valence-electron chi connectivity index (χ1n) is 8.06. The van der Waals surface area contributed by atoms with Gasteiger partial charge in [0.1, 0.15) is 11.4 Å². The number of nitrogens with zero attached hydrogens (tertiary/aromatic N) is 3. The summed E-state index contributed by atoms with van der Waals surface area (Å²) in [5.41, 5.74) is 1.81. The Bertz CT molecular complexity index is 914. The first kappa shape index (κ1) is 16.2. The van der Waals surface area contributed by atoms with Crippen LogP contribution in [0.3, 0.4) is 0 Å². The van der Waals surface area contributed by atoms with Gasteiger partial charge in [-0.1, -0.05) is 0 Å². The molecule has 0 bridgehead atoms. The number of thiophene rings is 1. The van der Waals surface area contributed by atoms with Crippen molar-refractivity contribution in [2.45, 2.75) is 25.5 Å². The molecule has 1 aromatic carbocycles. The molecule has 1 fully saturated rings. The van der Waals surface area contributed by atoms with E-state index in [1.165, 1.54) is 0 Å². The molecule has 0 amide bonds. The molecule has 130 valence electrons. The largest absolute Gasteiger partial charge is 0.507 e. The predicted octanol–water partition coefficient (Wildman–Crippen LogP) is 2.33. The molecule has 0 aliphatic carbocycles. The Morgan fingerprint density at radius 3 is 2.96 bits per heavy atom. The van der Waals surface area contributed by atoms with Gasteiger partial charge in [-0.3, -0.25) is 0 Å². The average molecular weight is 358 g/mol. The molecule has 0 radical (unpaired) electrons. The molecular formula is C17H18N4O3S. The molecule has 8 heteroatoms. The summed E-state index contributed by atoms with van der Waals surface area (Å²) in [7, 11) is 0. The van der Waals surface area contributed by atoms with Crippen molar-refractivity contribution >= 4 is 27.4 Å². The van der Waals surface area contributed by atoms with Gasteiger partial charge in [0.25, 0.3) is 0 Å². The number of hydrogen-bond donors (Lipinski definition) is 3. The highest BCUT2D eigenvalue weighted by atomic mass is 32.1. The van der Waals surface area contributed by atoms with Crippen molar-refractivity contribution in [3.05, 3.63) is 29.3 Å². The maximum Gasteiger partial charge on any atom is 0.243 e. The van der Waals surface area contributed by atoms with Gasteiger partial charge in [0.2, 0.25) is 5.95 Å². The summed E-state index contributed by atoms with van der Waals surface area (Å²) < 4.78 is 6.24. The van der Waals surface area contributed by atoms with Gasteiger partial charge >= 0.3 is 0 Å². The summed E-state index contributed by atoms with van der Waals surface area (Å²) in [6.45, 7) is 2.72. The summed E-state index contributed by atoms with van der Waals surface area (Å²) in [4.78, 5) is 4.44. The third-order valence-corrected chi connectivity index (χ3v) is 5.25. The second-order valence-electron chi connectivity index (χ2n) is 6.05. The molecule has 0 spiro atoms. The Morgan fingerprint density at radius 2 is 2.16 bits per heavy atom. The molecule has 25 heavy (non-hydrogen) atoms. The molecule has 0 unspecified atom stereocenters. The summed E-state index contributed by atoms with van der Waals surface area (Å²) in [5, 5.41) is 34.7. The zero-order valence-corrected chi connectivity index (χ0v) is 14.5. The number of benzene rings is 1. The highest BCUT2D eigenvalue weighted by Crippen LogP contribution is 2.37. The Labute approximate surface area is 148 Å². The maximum atomic E-state index is 10.5. The molecule has 2 aromatic heterocycles. The average Bonchev–Trinajstić information content (AvgIpc) is 3.08. The predicted molar refractivity (Wildman–Crippen MR) is 95.9 cm³/mol. The van der Waals surface area contributed by atoms with E-state index in [1.54, 1.807) is 11.3 Å². The highest BCUT2D eigenvalue weighted by molar-refractivity contribution is 7.17. The third-order valence-electron chi connectivity index (χ3n) is 4.36. The lowest BCUT2D eigenvalue weighted by Crippen LogP contribution is -2.42. The fourth-order valence-corrected chi connectivity index (χ4v) is 3.78. The van der Waals surface area contributed by atoms with Gasteiger partial charge in [-0.25, -0.2) is 4.98 Å². The van der Waals surface area contributed by atoms with Crippen molar-refractivity contribution in [3.8, 4) is 17.0 Å². The van der Waals surface area contributed by atoms with Crippen LogP contribution in [0.4, 0.5) is 5.95 Å². The Hall–Kier alpha value is -2.29. The first-order chi connectivity index (χ1) is 12.1. The second kappa shape index (κ2) is 6.55. The van der Waals surface area contributed by atoms with Gasteiger partial charge in [-0.05, 0) is 36.9 Å². The summed E-state index contributed by atoms with van der Waals surface area (Å²) in [5.74, 6) is 0.557. The van der Waals surface area contributed by atoms with Crippen molar-refractivity contribution in [1.29, 1.82) is 0 Å². The fraction of sp³-hybridized carbons (Fsp3) is 0.353. The quantitative estimate of drug-likeness (QED) is 0.660. The number of hydrogen-bond acceptors (Lipinski definition) is 8. The van der Waals surface area contributed by atoms with Gasteiger partial charge in [0.05, 0.1) is 24.4 Å². The van der Waals surface area contributed by atoms with Crippen molar-refractivity contribution in [2.24, 2.45) is 0 Å². The van der Waals surface area contributed by atoms with E-state index in [9.17, 15) is 10.2 Å². The lowest BCUT2D eigenvalue weighted by atomic mass is 10.1. The zero-order chi connectivity index (χ0) is 17.4. The summed E-state index contributed by atoms with van der Waals surface area (Å²) in [6.07, 6.45) is 0.0865. The number of aromatic nitrogens is 3. The van der Waals surface area contributed by atoms with Crippen molar-refractivity contribution in [1.82, 2.24) is 15.2 Å². The van der Waals surface area contributed by atoms with E-state index < -0.39 is 6.10 Å². The number of nitrogens with one attached hydrogen (secondary N) is 1. The number of aliphatic hydroxyl groups excluding tert-OH is 1. The van der Waals surface area contributed by atoms with Crippen LogP contribution in [0.1, 0.15) is 12.1 Å². The standard InChI is InChI=1S/C17H18N4O3S/c1-9-15(11-2-3-14-10(16(11)23)5-7-25-14)20-21-17(18-9)19-12-4-6-24-8-13(12)22/h2-3,5,7,12-13,22-23H,4,6,8H2,1H3,(H,18,19,21)/t12-,13-/m1/s1. The van der Waals surface area contributed by atoms with Crippen molar-refractivity contribution in [3.63, 3.8) is 0 Å². The number of anilines is 1. The topological polar surface area (TPSA) is 100 Å². The molecule has 4 rings (SSSR count). The van der Waals surface area contributed by atoms with E-state index in [-0.39, 0.29) is 11.8 Å². The monoisotopic (exact) mass is 358 g/mol. The molecular weight excluding hydrogens is 340 g/mol. The zero-order valence-electron chi connectivity index (χ0n) is 13.6. The molecule has 3 N–H and O–H groups in total. The van der Waals surface area contributed by atoms with E-state index in [2.05, 4.69) is 20.5 Å². The van der Waals surface area contributed by atoms with Crippen LogP contribution in [0.15, 0.2) is 23.6 Å². The van der Waals surface area contributed by atoms with Gasteiger partial charge in [-0.15, -0.1) is 21.5 Å². The summed E-state index contributed by atoms with van der Waals surface area (Å²) >= 11 is 1.58.